The van der Waals surface area contributed by atoms with Crippen molar-refractivity contribution in [2.75, 3.05) is 13.1 Å². The Balaban J connectivity index is 1.24. The summed E-state index contributed by atoms with van der Waals surface area (Å²) in [6.07, 6.45) is 1.86. The van der Waals surface area contributed by atoms with Gasteiger partial charge in [-0.25, -0.2) is 9.78 Å². The van der Waals surface area contributed by atoms with E-state index >= 15 is 0 Å². The molecule has 36 heavy (non-hydrogen) atoms. The molecule has 9 heteroatoms. The highest BCUT2D eigenvalue weighted by molar-refractivity contribution is 7.09. The van der Waals surface area contributed by atoms with E-state index < -0.39 is 17.9 Å². The SMILES string of the molecule is CC(NC(=O)c1csc(C2CCN(C(=O)Cc3ccccc3Cl)CC2)n1)C(=O)OCc1ccccc1. The lowest BCUT2D eigenvalue weighted by Crippen LogP contribution is -2.39. The van der Waals surface area contributed by atoms with Crippen molar-refractivity contribution >= 4 is 40.7 Å². The molecule has 7 nitrogen and oxygen atoms in total. The molecule has 1 atom stereocenters. The van der Waals surface area contributed by atoms with Gasteiger partial charge in [0.1, 0.15) is 18.3 Å². The summed E-state index contributed by atoms with van der Waals surface area (Å²) < 4.78 is 5.29. The van der Waals surface area contributed by atoms with Crippen molar-refractivity contribution in [1.29, 1.82) is 0 Å². The van der Waals surface area contributed by atoms with Crippen molar-refractivity contribution in [3.8, 4) is 0 Å². The first-order valence-corrected chi connectivity index (χ1v) is 13.1. The van der Waals surface area contributed by atoms with Crippen molar-refractivity contribution in [3.63, 3.8) is 0 Å². The minimum atomic E-state index is -0.793. The zero-order valence-corrected chi connectivity index (χ0v) is 21.6. The molecule has 2 heterocycles. The number of aromatic nitrogens is 1. The Bertz CT molecular complexity index is 1210. The molecule has 2 aromatic carbocycles. The minimum Gasteiger partial charge on any atom is -0.459 e. The Labute approximate surface area is 219 Å². The largest absolute Gasteiger partial charge is 0.459 e. The smallest absolute Gasteiger partial charge is 0.328 e. The van der Waals surface area contributed by atoms with Gasteiger partial charge in [0, 0.05) is 29.4 Å². The molecule has 0 aliphatic carbocycles. The fourth-order valence-electron chi connectivity index (χ4n) is 4.05. The molecule has 1 aromatic heterocycles. The Kier molecular flexibility index (Phi) is 8.72. The Hall–Kier alpha value is -3.23. The maximum absolute atomic E-state index is 12.7. The number of nitrogens with one attached hydrogen (secondary N) is 1. The van der Waals surface area contributed by atoms with Gasteiger partial charge in [0.2, 0.25) is 5.91 Å². The highest BCUT2D eigenvalue weighted by atomic mass is 35.5. The highest BCUT2D eigenvalue weighted by Gasteiger charge is 2.27. The van der Waals surface area contributed by atoms with E-state index in [0.29, 0.717) is 18.1 Å². The lowest BCUT2D eigenvalue weighted by atomic mass is 9.97. The summed E-state index contributed by atoms with van der Waals surface area (Å²) in [5, 5.41) is 5.85. The van der Waals surface area contributed by atoms with Crippen molar-refractivity contribution in [3.05, 3.63) is 86.8 Å². The van der Waals surface area contributed by atoms with E-state index in [4.69, 9.17) is 16.3 Å². The number of hydrogen-bond acceptors (Lipinski definition) is 6. The average Bonchev–Trinajstić information content (AvgIpc) is 3.40. The lowest BCUT2D eigenvalue weighted by molar-refractivity contribution is -0.146. The van der Waals surface area contributed by atoms with Crippen LogP contribution in [0, 0.1) is 0 Å². The summed E-state index contributed by atoms with van der Waals surface area (Å²) in [5.41, 5.74) is 2.00. The van der Waals surface area contributed by atoms with Crippen LogP contribution in [-0.4, -0.2) is 46.8 Å². The van der Waals surface area contributed by atoms with Crippen molar-refractivity contribution in [2.45, 2.75) is 44.8 Å². The van der Waals surface area contributed by atoms with Gasteiger partial charge in [0.15, 0.2) is 0 Å². The summed E-state index contributed by atoms with van der Waals surface area (Å²) in [6, 6.07) is 16.0. The number of halogens is 1. The van der Waals surface area contributed by atoms with Crippen LogP contribution in [0.5, 0.6) is 0 Å². The van der Waals surface area contributed by atoms with Crippen LogP contribution in [-0.2, 0) is 27.4 Å². The van der Waals surface area contributed by atoms with Gasteiger partial charge in [-0.3, -0.25) is 9.59 Å². The Morgan fingerprint density at radius 1 is 1.11 bits per heavy atom. The lowest BCUT2D eigenvalue weighted by Gasteiger charge is -2.31. The maximum Gasteiger partial charge on any atom is 0.328 e. The molecule has 1 aliphatic rings. The number of hydrogen-bond donors (Lipinski definition) is 1. The first-order chi connectivity index (χ1) is 17.4. The summed E-state index contributed by atoms with van der Waals surface area (Å²) in [5.74, 6) is -0.659. The average molecular weight is 526 g/mol. The molecule has 2 amide bonds. The summed E-state index contributed by atoms with van der Waals surface area (Å²) in [6.45, 7) is 3.02. The quantitative estimate of drug-likeness (QED) is 0.434. The van der Waals surface area contributed by atoms with Crippen molar-refractivity contribution in [1.82, 2.24) is 15.2 Å². The third-order valence-corrected chi connectivity index (χ3v) is 7.55. The van der Waals surface area contributed by atoms with E-state index in [1.165, 1.54) is 11.3 Å². The van der Waals surface area contributed by atoms with Gasteiger partial charge >= 0.3 is 5.97 Å². The van der Waals surface area contributed by atoms with E-state index in [1.54, 1.807) is 18.4 Å². The zero-order valence-electron chi connectivity index (χ0n) is 20.0. The molecule has 1 aliphatic heterocycles. The molecule has 0 saturated carbocycles. The third kappa shape index (κ3) is 6.71. The monoisotopic (exact) mass is 525 g/mol. The molecular weight excluding hydrogens is 498 g/mol. The fourth-order valence-corrected chi connectivity index (χ4v) is 5.23. The van der Waals surface area contributed by atoms with Crippen LogP contribution in [0.3, 0.4) is 0 Å². The first-order valence-electron chi connectivity index (χ1n) is 11.9. The number of amides is 2. The van der Waals surface area contributed by atoms with Crippen LogP contribution >= 0.6 is 22.9 Å². The third-order valence-electron chi connectivity index (χ3n) is 6.18. The van der Waals surface area contributed by atoms with E-state index in [9.17, 15) is 14.4 Å². The molecule has 0 bridgehead atoms. The second kappa shape index (κ2) is 12.1. The predicted octanol–water partition coefficient (Wildman–Crippen LogP) is 4.61. The Morgan fingerprint density at radius 3 is 2.53 bits per heavy atom. The number of rotatable bonds is 8. The van der Waals surface area contributed by atoms with Crippen molar-refractivity contribution < 1.29 is 19.1 Å². The van der Waals surface area contributed by atoms with Crippen LogP contribution in [0.15, 0.2) is 60.0 Å². The topological polar surface area (TPSA) is 88.6 Å². The van der Waals surface area contributed by atoms with Crippen molar-refractivity contribution in [2.24, 2.45) is 0 Å². The molecule has 1 fully saturated rings. The second-order valence-electron chi connectivity index (χ2n) is 8.78. The van der Waals surface area contributed by atoms with E-state index in [1.807, 2.05) is 53.4 Å². The maximum atomic E-state index is 12.7. The number of ether oxygens (including phenoxy) is 1. The van der Waals surface area contributed by atoms with Gasteiger partial charge in [-0.2, -0.15) is 0 Å². The van der Waals surface area contributed by atoms with Gasteiger partial charge in [-0.15, -0.1) is 11.3 Å². The van der Waals surface area contributed by atoms with E-state index in [2.05, 4.69) is 10.3 Å². The molecule has 1 unspecified atom stereocenters. The van der Waals surface area contributed by atoms with Gasteiger partial charge in [-0.1, -0.05) is 60.1 Å². The molecular formula is C27H28ClN3O4S. The van der Waals surface area contributed by atoms with Gasteiger partial charge in [0.25, 0.3) is 5.91 Å². The van der Waals surface area contributed by atoms with Crippen LogP contribution < -0.4 is 5.32 Å². The van der Waals surface area contributed by atoms with Gasteiger partial charge < -0.3 is 15.0 Å². The van der Waals surface area contributed by atoms with Crippen LogP contribution in [0.25, 0.3) is 0 Å². The number of benzene rings is 2. The molecule has 0 radical (unpaired) electrons. The summed E-state index contributed by atoms with van der Waals surface area (Å²) >= 11 is 7.62. The number of carbonyl (C=O) groups is 3. The van der Waals surface area contributed by atoms with E-state index in [0.717, 1.165) is 29.0 Å². The second-order valence-corrected chi connectivity index (χ2v) is 10.1. The zero-order chi connectivity index (χ0) is 25.5. The normalized spacial score (nSPS) is 14.8. The number of carbonyl (C=O) groups excluding carboxylic acids is 3. The van der Waals surface area contributed by atoms with Gasteiger partial charge in [0.05, 0.1) is 11.4 Å². The fraction of sp³-hybridized carbons (Fsp3) is 0.333. The number of likely N-dealkylation sites (tertiary alicyclic amines) is 1. The number of piperidine rings is 1. The number of nitrogens with zero attached hydrogens (tertiary/aromatic N) is 2. The number of thiazole rings is 1. The molecule has 4 rings (SSSR count). The van der Waals surface area contributed by atoms with Crippen LogP contribution in [0.2, 0.25) is 5.02 Å². The molecule has 1 N–H and O–H groups in total. The number of esters is 1. The standard InChI is InChI=1S/C27H28ClN3O4S/c1-18(27(34)35-16-19-7-3-2-4-8-19)29-25(33)23-17-36-26(30-23)20-11-13-31(14-12-20)24(32)15-21-9-5-6-10-22(21)28/h2-10,17-18,20H,11-16H2,1H3,(H,29,33). The van der Waals surface area contributed by atoms with E-state index in [-0.39, 0.29) is 30.5 Å². The predicted molar refractivity (Wildman–Crippen MR) is 139 cm³/mol. The van der Waals surface area contributed by atoms with Crippen LogP contribution in [0.1, 0.15) is 52.3 Å². The summed E-state index contributed by atoms with van der Waals surface area (Å²) in [7, 11) is 0. The first kappa shape index (κ1) is 25.9. The van der Waals surface area contributed by atoms with Crippen LogP contribution in [0.4, 0.5) is 0 Å². The van der Waals surface area contributed by atoms with Gasteiger partial charge in [-0.05, 0) is 37.0 Å². The molecule has 1 saturated heterocycles. The Morgan fingerprint density at radius 2 is 1.81 bits per heavy atom. The molecule has 0 spiro atoms. The minimum absolute atomic E-state index is 0.0638. The highest BCUT2D eigenvalue weighted by Crippen LogP contribution is 2.31. The molecule has 188 valence electrons. The summed E-state index contributed by atoms with van der Waals surface area (Å²) in [4.78, 5) is 44.0. The molecule has 3 aromatic rings.